The van der Waals surface area contributed by atoms with Crippen LogP contribution in [0, 0.1) is 0 Å². The molecule has 1 amide bonds. The quantitative estimate of drug-likeness (QED) is 0.530. The normalized spacial score (nSPS) is 25.6. The van der Waals surface area contributed by atoms with Gasteiger partial charge in [-0.2, -0.15) is 0 Å². The lowest BCUT2D eigenvalue weighted by molar-refractivity contribution is -0.168. The number of amides is 1. The van der Waals surface area contributed by atoms with E-state index in [9.17, 15) is 19.8 Å². The van der Waals surface area contributed by atoms with Gasteiger partial charge in [0.05, 0.1) is 13.7 Å². The summed E-state index contributed by atoms with van der Waals surface area (Å²) in [5, 5.41) is 22.4. The Labute approximate surface area is 117 Å². The molecular weight excluding hydrogens is 270 g/mol. The predicted molar refractivity (Wildman–Crippen MR) is 66.5 cm³/mol. The van der Waals surface area contributed by atoms with E-state index in [0.717, 1.165) is 7.11 Å². The maximum Gasteiger partial charge on any atom is 0.331 e. The van der Waals surface area contributed by atoms with Crippen LogP contribution in [0.1, 0.15) is 20.8 Å². The first-order chi connectivity index (χ1) is 9.18. The van der Waals surface area contributed by atoms with Crippen molar-refractivity contribution in [2.75, 3.05) is 13.7 Å². The van der Waals surface area contributed by atoms with Gasteiger partial charge in [0.15, 0.2) is 11.8 Å². The van der Waals surface area contributed by atoms with Crippen molar-refractivity contribution in [3.8, 4) is 0 Å². The van der Waals surface area contributed by atoms with E-state index in [1.807, 2.05) is 0 Å². The second-order valence-corrected chi connectivity index (χ2v) is 5.05. The number of rotatable bonds is 5. The summed E-state index contributed by atoms with van der Waals surface area (Å²) < 4.78 is 15.2. The topological polar surface area (TPSA) is 114 Å². The first-order valence-electron chi connectivity index (χ1n) is 6.21. The van der Waals surface area contributed by atoms with Crippen molar-refractivity contribution in [1.82, 2.24) is 5.32 Å². The number of hydrogen-bond donors (Lipinski definition) is 3. The molecule has 0 unspecified atom stereocenters. The van der Waals surface area contributed by atoms with Crippen LogP contribution in [0.3, 0.4) is 0 Å². The maximum absolute atomic E-state index is 11.6. The smallest absolute Gasteiger partial charge is 0.331 e. The summed E-state index contributed by atoms with van der Waals surface area (Å²) in [5.74, 6) is -2.26. The van der Waals surface area contributed by atoms with Crippen molar-refractivity contribution in [3.05, 3.63) is 0 Å². The van der Waals surface area contributed by atoms with Gasteiger partial charge in [-0.1, -0.05) is 0 Å². The predicted octanol–water partition coefficient (Wildman–Crippen LogP) is -1.46. The number of carbonyl (C=O) groups excluding carboxylic acids is 2. The summed E-state index contributed by atoms with van der Waals surface area (Å²) in [6.07, 6.45) is -3.79. The van der Waals surface area contributed by atoms with Gasteiger partial charge in [-0.3, -0.25) is 4.79 Å². The van der Waals surface area contributed by atoms with Gasteiger partial charge in [0.25, 0.3) is 0 Å². The van der Waals surface area contributed by atoms with Gasteiger partial charge in [0.2, 0.25) is 5.91 Å². The lowest BCUT2D eigenvalue weighted by atomic mass is 10.0. The zero-order chi connectivity index (χ0) is 15.5. The van der Waals surface area contributed by atoms with E-state index in [1.165, 1.54) is 6.92 Å². The summed E-state index contributed by atoms with van der Waals surface area (Å²) >= 11 is 0. The molecule has 0 saturated carbocycles. The molecule has 0 aromatic carbocycles. The molecule has 1 rings (SSSR count). The van der Waals surface area contributed by atoms with E-state index < -0.39 is 42.0 Å². The Hall–Kier alpha value is -1.22. The minimum absolute atomic E-state index is 0.0686. The van der Waals surface area contributed by atoms with E-state index in [1.54, 1.807) is 13.8 Å². The Kier molecular flexibility index (Phi) is 5.46. The van der Waals surface area contributed by atoms with Crippen molar-refractivity contribution < 1.29 is 34.0 Å². The molecule has 8 heteroatoms. The first-order valence-corrected chi connectivity index (χ1v) is 6.21. The van der Waals surface area contributed by atoms with Gasteiger partial charge in [0, 0.05) is 6.92 Å². The summed E-state index contributed by atoms with van der Waals surface area (Å²) in [4.78, 5) is 22.6. The molecule has 0 aliphatic carbocycles. The van der Waals surface area contributed by atoms with Crippen molar-refractivity contribution in [2.24, 2.45) is 0 Å². The molecule has 4 atom stereocenters. The van der Waals surface area contributed by atoms with Crippen LogP contribution in [0.5, 0.6) is 0 Å². The molecule has 0 aromatic rings. The molecule has 8 nitrogen and oxygen atoms in total. The van der Waals surface area contributed by atoms with Gasteiger partial charge in [-0.15, -0.1) is 0 Å². The molecule has 1 saturated heterocycles. The number of hydrogen-bond acceptors (Lipinski definition) is 7. The van der Waals surface area contributed by atoms with Crippen LogP contribution in [0.15, 0.2) is 0 Å². The Morgan fingerprint density at radius 1 is 1.40 bits per heavy atom. The Morgan fingerprint density at radius 2 is 2.00 bits per heavy atom. The molecule has 1 heterocycles. The fourth-order valence-electron chi connectivity index (χ4n) is 1.93. The van der Waals surface area contributed by atoms with Crippen LogP contribution in [0.25, 0.3) is 0 Å². The van der Waals surface area contributed by atoms with E-state index in [4.69, 9.17) is 9.47 Å². The van der Waals surface area contributed by atoms with E-state index >= 15 is 0 Å². The highest BCUT2D eigenvalue weighted by molar-refractivity contribution is 5.83. The van der Waals surface area contributed by atoms with Crippen LogP contribution in [-0.4, -0.2) is 65.9 Å². The minimum Gasteiger partial charge on any atom is -0.467 e. The van der Waals surface area contributed by atoms with Crippen molar-refractivity contribution in [2.45, 2.75) is 50.9 Å². The standard InChI is InChI=1S/C12H21NO7/c1-6(14)13-8(11(17)18-4)10(16)9(15)7-5-19-12(2,3)20-7/h7-10,15-16H,5H2,1-4H3,(H,13,14)/t7-,8-,9-,10-/m1/s1. The first kappa shape index (κ1) is 16.8. The molecule has 0 spiro atoms. The van der Waals surface area contributed by atoms with Gasteiger partial charge in [-0.25, -0.2) is 4.79 Å². The summed E-state index contributed by atoms with van der Waals surface area (Å²) in [6, 6.07) is -1.38. The van der Waals surface area contributed by atoms with E-state index in [0.29, 0.717) is 0 Å². The summed E-state index contributed by atoms with van der Waals surface area (Å²) in [6.45, 7) is 4.59. The lowest BCUT2D eigenvalue weighted by Crippen LogP contribution is -2.56. The molecule has 0 radical (unpaired) electrons. The SMILES string of the molecule is COC(=O)[C@H](NC(C)=O)[C@@H](O)[C@H](O)[C@H]1COC(C)(C)O1. The molecule has 20 heavy (non-hydrogen) atoms. The number of aliphatic hydroxyl groups excluding tert-OH is 2. The molecule has 3 N–H and O–H groups in total. The zero-order valence-corrected chi connectivity index (χ0v) is 12.0. The third-order valence-corrected chi connectivity index (χ3v) is 2.92. The van der Waals surface area contributed by atoms with Crippen molar-refractivity contribution >= 4 is 11.9 Å². The summed E-state index contributed by atoms with van der Waals surface area (Å²) in [7, 11) is 1.12. The third kappa shape index (κ3) is 4.14. The molecule has 1 aliphatic heterocycles. The third-order valence-electron chi connectivity index (χ3n) is 2.92. The fourth-order valence-corrected chi connectivity index (χ4v) is 1.93. The highest BCUT2D eigenvalue weighted by atomic mass is 16.7. The Morgan fingerprint density at radius 3 is 2.40 bits per heavy atom. The second kappa shape index (κ2) is 6.49. The Balaban J connectivity index is 2.75. The lowest BCUT2D eigenvalue weighted by Gasteiger charge is -2.28. The van der Waals surface area contributed by atoms with E-state index in [-0.39, 0.29) is 6.61 Å². The molecule has 0 aromatic heterocycles. The van der Waals surface area contributed by atoms with Crippen LogP contribution in [0.4, 0.5) is 0 Å². The van der Waals surface area contributed by atoms with Gasteiger partial charge in [0.1, 0.15) is 18.3 Å². The number of methoxy groups -OCH3 is 1. The maximum atomic E-state index is 11.6. The number of aliphatic hydroxyl groups is 2. The second-order valence-electron chi connectivity index (χ2n) is 5.05. The average molecular weight is 291 g/mol. The monoisotopic (exact) mass is 291 g/mol. The molecule has 1 aliphatic rings. The number of carbonyl (C=O) groups is 2. The molecule has 1 fully saturated rings. The Bertz CT molecular complexity index is 371. The number of esters is 1. The summed E-state index contributed by atoms with van der Waals surface area (Å²) in [5.41, 5.74) is 0. The number of ether oxygens (including phenoxy) is 3. The molecule has 116 valence electrons. The fraction of sp³-hybridized carbons (Fsp3) is 0.833. The van der Waals surface area contributed by atoms with Crippen LogP contribution in [0.2, 0.25) is 0 Å². The molecular formula is C12H21NO7. The van der Waals surface area contributed by atoms with Crippen molar-refractivity contribution in [3.63, 3.8) is 0 Å². The number of nitrogens with one attached hydrogen (secondary N) is 1. The van der Waals surface area contributed by atoms with Crippen LogP contribution < -0.4 is 5.32 Å². The van der Waals surface area contributed by atoms with Crippen LogP contribution in [-0.2, 0) is 23.8 Å². The average Bonchev–Trinajstić information content (AvgIpc) is 2.73. The van der Waals surface area contributed by atoms with E-state index in [2.05, 4.69) is 10.1 Å². The zero-order valence-electron chi connectivity index (χ0n) is 12.0. The minimum atomic E-state index is -1.58. The largest absolute Gasteiger partial charge is 0.467 e. The highest BCUT2D eigenvalue weighted by Crippen LogP contribution is 2.25. The van der Waals surface area contributed by atoms with Crippen molar-refractivity contribution in [1.29, 1.82) is 0 Å². The molecule has 0 bridgehead atoms. The highest BCUT2D eigenvalue weighted by Gasteiger charge is 2.43. The van der Waals surface area contributed by atoms with Gasteiger partial charge >= 0.3 is 5.97 Å². The van der Waals surface area contributed by atoms with Gasteiger partial charge < -0.3 is 29.7 Å². The van der Waals surface area contributed by atoms with Gasteiger partial charge in [-0.05, 0) is 13.8 Å². The van der Waals surface area contributed by atoms with Crippen LogP contribution >= 0.6 is 0 Å².